The van der Waals surface area contributed by atoms with Crippen LogP contribution >= 0.6 is 23.1 Å². The first-order valence-corrected chi connectivity index (χ1v) is 9.30. The largest absolute Gasteiger partial charge is 0.287 e. The van der Waals surface area contributed by atoms with Crippen LogP contribution in [0.2, 0.25) is 0 Å². The van der Waals surface area contributed by atoms with E-state index in [-0.39, 0.29) is 11.2 Å². The zero-order chi connectivity index (χ0) is 17.2. The van der Waals surface area contributed by atoms with Crippen molar-refractivity contribution in [3.8, 4) is 5.69 Å². The van der Waals surface area contributed by atoms with Gasteiger partial charge in [0, 0.05) is 15.8 Å². The topological polar surface area (TPSA) is 47.8 Å². The third-order valence-corrected chi connectivity index (χ3v) is 6.13. The first-order valence-electron chi connectivity index (χ1n) is 7.50. The van der Waals surface area contributed by atoms with Crippen molar-refractivity contribution in [3.05, 3.63) is 82.8 Å². The van der Waals surface area contributed by atoms with E-state index >= 15 is 0 Å². The second-order valence-electron chi connectivity index (χ2n) is 5.32. The van der Waals surface area contributed by atoms with Gasteiger partial charge in [0.2, 0.25) is 5.43 Å². The summed E-state index contributed by atoms with van der Waals surface area (Å²) in [5.41, 5.74) is 1.44. The van der Waals surface area contributed by atoms with Gasteiger partial charge in [-0.3, -0.25) is 4.79 Å². The summed E-state index contributed by atoms with van der Waals surface area (Å²) in [7, 11) is 0. The van der Waals surface area contributed by atoms with Gasteiger partial charge < -0.3 is 0 Å². The third kappa shape index (κ3) is 3.20. The summed E-state index contributed by atoms with van der Waals surface area (Å²) >= 11 is 2.93. The van der Waals surface area contributed by atoms with Crippen molar-refractivity contribution in [2.45, 2.75) is 9.96 Å². The van der Waals surface area contributed by atoms with Crippen molar-refractivity contribution < 1.29 is 4.39 Å². The van der Waals surface area contributed by atoms with Gasteiger partial charge in [0.1, 0.15) is 24.2 Å². The standard InChI is InChI=1S/C18H12FN3OS2/c19-13-6-7-14-15(8-13)25-18(24-9-12-4-2-1-3-5-12)16(17(14)23)22-11-20-10-21-22/h1-8,10-11H,9H2. The van der Waals surface area contributed by atoms with E-state index in [0.29, 0.717) is 21.5 Å². The van der Waals surface area contributed by atoms with E-state index in [0.717, 1.165) is 9.77 Å². The monoisotopic (exact) mass is 369 g/mol. The first-order chi connectivity index (χ1) is 12.2. The molecule has 4 aromatic rings. The molecule has 0 atom stereocenters. The number of hydrogen-bond donors (Lipinski definition) is 0. The molecule has 0 saturated carbocycles. The second kappa shape index (κ2) is 6.78. The predicted octanol–water partition coefficient (Wildman–Crippen LogP) is 4.27. The zero-order valence-corrected chi connectivity index (χ0v) is 14.6. The molecule has 0 radical (unpaired) electrons. The Morgan fingerprint density at radius 2 is 2.00 bits per heavy atom. The number of halogens is 1. The van der Waals surface area contributed by atoms with Gasteiger partial charge in [0.25, 0.3) is 0 Å². The number of aromatic nitrogens is 3. The number of nitrogens with zero attached hydrogens (tertiary/aromatic N) is 3. The van der Waals surface area contributed by atoms with Gasteiger partial charge in [-0.05, 0) is 23.8 Å². The molecule has 7 heteroatoms. The van der Waals surface area contributed by atoms with Crippen molar-refractivity contribution in [3.63, 3.8) is 0 Å². The fourth-order valence-electron chi connectivity index (χ4n) is 2.48. The Hall–Kier alpha value is -2.51. The molecule has 0 N–H and O–H groups in total. The van der Waals surface area contributed by atoms with Crippen molar-refractivity contribution in [2.24, 2.45) is 0 Å². The quantitative estimate of drug-likeness (QED) is 0.504. The normalized spacial score (nSPS) is 11.1. The smallest absolute Gasteiger partial charge is 0.214 e. The highest BCUT2D eigenvalue weighted by atomic mass is 32.2. The summed E-state index contributed by atoms with van der Waals surface area (Å²) in [6.45, 7) is 0. The molecule has 124 valence electrons. The molecule has 4 rings (SSSR count). The molecule has 0 bridgehead atoms. The molecule has 2 heterocycles. The fourth-order valence-corrected chi connectivity index (χ4v) is 4.90. The minimum absolute atomic E-state index is 0.171. The van der Waals surface area contributed by atoms with Crippen molar-refractivity contribution >= 4 is 33.2 Å². The maximum atomic E-state index is 13.6. The van der Waals surface area contributed by atoms with Crippen LogP contribution in [0.4, 0.5) is 4.39 Å². The third-order valence-electron chi connectivity index (χ3n) is 3.66. The molecule has 0 amide bonds. The van der Waals surface area contributed by atoms with E-state index in [1.807, 2.05) is 30.3 Å². The van der Waals surface area contributed by atoms with E-state index < -0.39 is 0 Å². The molecule has 0 spiro atoms. The highest BCUT2D eigenvalue weighted by Gasteiger charge is 2.16. The summed E-state index contributed by atoms with van der Waals surface area (Å²) in [6.07, 6.45) is 2.90. The van der Waals surface area contributed by atoms with Gasteiger partial charge in [-0.15, -0.1) is 23.1 Å². The highest BCUT2D eigenvalue weighted by molar-refractivity contribution is 8.00. The molecule has 0 fully saturated rings. The summed E-state index contributed by atoms with van der Waals surface area (Å²) in [5, 5.41) is 4.60. The van der Waals surface area contributed by atoms with Crippen LogP contribution < -0.4 is 5.43 Å². The van der Waals surface area contributed by atoms with Crippen LogP contribution in [-0.4, -0.2) is 14.8 Å². The number of benzene rings is 2. The predicted molar refractivity (Wildman–Crippen MR) is 99.0 cm³/mol. The van der Waals surface area contributed by atoms with Crippen molar-refractivity contribution in [2.75, 3.05) is 0 Å². The van der Waals surface area contributed by atoms with Crippen LogP contribution in [0, 0.1) is 5.82 Å². The van der Waals surface area contributed by atoms with Crippen LogP contribution in [0.1, 0.15) is 5.56 Å². The van der Waals surface area contributed by atoms with E-state index in [9.17, 15) is 9.18 Å². The molecule has 0 saturated heterocycles. The number of hydrogen-bond acceptors (Lipinski definition) is 5. The lowest BCUT2D eigenvalue weighted by atomic mass is 10.2. The molecule has 25 heavy (non-hydrogen) atoms. The van der Waals surface area contributed by atoms with Crippen molar-refractivity contribution in [1.29, 1.82) is 0 Å². The van der Waals surface area contributed by atoms with E-state index in [1.54, 1.807) is 11.8 Å². The molecular weight excluding hydrogens is 357 g/mol. The van der Waals surface area contributed by atoms with E-state index in [1.165, 1.54) is 46.9 Å². The summed E-state index contributed by atoms with van der Waals surface area (Å²) in [5.74, 6) is 0.356. The molecule has 2 aromatic heterocycles. The Morgan fingerprint density at radius 3 is 2.76 bits per heavy atom. The van der Waals surface area contributed by atoms with Crippen LogP contribution in [-0.2, 0) is 5.75 Å². The second-order valence-corrected chi connectivity index (χ2v) is 7.62. The van der Waals surface area contributed by atoms with Crippen LogP contribution in [0.15, 0.2) is 70.2 Å². The van der Waals surface area contributed by atoms with Crippen LogP contribution in [0.3, 0.4) is 0 Å². The first kappa shape index (κ1) is 16.0. The Morgan fingerprint density at radius 1 is 1.16 bits per heavy atom. The molecule has 2 aromatic carbocycles. The average molecular weight is 369 g/mol. The molecule has 0 aliphatic carbocycles. The van der Waals surface area contributed by atoms with Crippen LogP contribution in [0.25, 0.3) is 15.8 Å². The molecule has 0 unspecified atom stereocenters. The molecule has 0 aliphatic heterocycles. The summed E-state index contributed by atoms with van der Waals surface area (Å²) in [4.78, 5) is 16.9. The summed E-state index contributed by atoms with van der Waals surface area (Å²) < 4.78 is 16.5. The van der Waals surface area contributed by atoms with E-state index in [4.69, 9.17) is 0 Å². The highest BCUT2D eigenvalue weighted by Crippen LogP contribution is 2.34. The van der Waals surface area contributed by atoms with Gasteiger partial charge in [0.05, 0.1) is 4.21 Å². The molecular formula is C18H12FN3OS2. The summed E-state index contributed by atoms with van der Waals surface area (Å²) in [6, 6.07) is 14.2. The maximum Gasteiger partial charge on any atom is 0.214 e. The molecule has 0 aliphatic rings. The van der Waals surface area contributed by atoms with Gasteiger partial charge in [-0.25, -0.2) is 14.1 Å². The van der Waals surface area contributed by atoms with Gasteiger partial charge in [-0.1, -0.05) is 30.3 Å². The van der Waals surface area contributed by atoms with Gasteiger partial charge in [0.15, 0.2) is 0 Å². The SMILES string of the molecule is O=c1c(-n2cncn2)c(SCc2ccccc2)sc2cc(F)ccc12. The fraction of sp³-hybridized carbons (Fsp3) is 0.0556. The van der Waals surface area contributed by atoms with Gasteiger partial charge in [-0.2, -0.15) is 5.10 Å². The Balaban J connectivity index is 1.85. The lowest BCUT2D eigenvalue weighted by Crippen LogP contribution is -2.13. The number of thioether (sulfide) groups is 1. The van der Waals surface area contributed by atoms with Crippen LogP contribution in [0.5, 0.6) is 0 Å². The average Bonchev–Trinajstić information content (AvgIpc) is 3.14. The van der Waals surface area contributed by atoms with Crippen molar-refractivity contribution in [1.82, 2.24) is 14.8 Å². The minimum Gasteiger partial charge on any atom is -0.287 e. The molecule has 4 nitrogen and oxygen atoms in total. The van der Waals surface area contributed by atoms with Gasteiger partial charge >= 0.3 is 0 Å². The Labute approximate surface area is 151 Å². The lowest BCUT2D eigenvalue weighted by Gasteiger charge is -2.09. The Kier molecular flexibility index (Phi) is 4.33. The lowest BCUT2D eigenvalue weighted by molar-refractivity contribution is 0.630. The Bertz CT molecular complexity index is 1080. The minimum atomic E-state index is -0.351. The number of rotatable bonds is 4. The van der Waals surface area contributed by atoms with E-state index in [2.05, 4.69) is 10.1 Å². The number of fused-ring (bicyclic) bond motifs is 1. The zero-order valence-electron chi connectivity index (χ0n) is 12.9. The maximum absolute atomic E-state index is 13.6.